The number of aromatic nitrogens is 3. The zero-order chi connectivity index (χ0) is 19.8. The summed E-state index contributed by atoms with van der Waals surface area (Å²) in [6.07, 6.45) is 4.86. The van der Waals surface area contributed by atoms with Gasteiger partial charge in [0.1, 0.15) is 17.3 Å². The molecular weight excluding hydrogens is 374 g/mol. The summed E-state index contributed by atoms with van der Waals surface area (Å²) >= 11 is 6.40. The number of nitrogens with zero attached hydrogens (tertiary/aromatic N) is 4. The smallest absolute Gasteiger partial charge is 0.130 e. The Morgan fingerprint density at radius 2 is 2.14 bits per heavy atom. The van der Waals surface area contributed by atoms with Crippen LogP contribution in [-0.4, -0.2) is 34.0 Å². The molecule has 2 heterocycles. The van der Waals surface area contributed by atoms with Crippen LogP contribution in [0.25, 0.3) is 10.9 Å². The highest BCUT2D eigenvalue weighted by molar-refractivity contribution is 6.31. The first-order valence-electron chi connectivity index (χ1n) is 9.60. The summed E-state index contributed by atoms with van der Waals surface area (Å²) in [5.41, 5.74) is 9.19. The summed E-state index contributed by atoms with van der Waals surface area (Å²) < 4.78 is 7.12. The summed E-state index contributed by atoms with van der Waals surface area (Å²) in [6, 6.07) is 8.70. The zero-order valence-electron chi connectivity index (χ0n) is 16.5. The highest BCUT2D eigenvalue weighted by Gasteiger charge is 2.29. The molecule has 2 N–H and O–H groups in total. The van der Waals surface area contributed by atoms with Gasteiger partial charge in [0.25, 0.3) is 0 Å². The van der Waals surface area contributed by atoms with Gasteiger partial charge in [0, 0.05) is 30.7 Å². The van der Waals surface area contributed by atoms with Crippen molar-refractivity contribution in [2.24, 2.45) is 12.8 Å². The second kappa shape index (κ2) is 7.60. The second-order valence-electron chi connectivity index (χ2n) is 7.63. The molecular formula is C21H26ClN5O. The lowest BCUT2D eigenvalue weighted by atomic mass is 10.1. The largest absolute Gasteiger partial charge is 0.497 e. The lowest BCUT2D eigenvalue weighted by molar-refractivity contribution is 0.415. The maximum Gasteiger partial charge on any atom is 0.130 e. The van der Waals surface area contributed by atoms with E-state index in [2.05, 4.69) is 23.0 Å². The third-order valence-corrected chi connectivity index (χ3v) is 5.88. The van der Waals surface area contributed by atoms with Crippen molar-refractivity contribution >= 4 is 28.3 Å². The summed E-state index contributed by atoms with van der Waals surface area (Å²) in [6.45, 7) is 2.73. The fourth-order valence-corrected chi connectivity index (χ4v) is 4.31. The standard InChI is InChI=1S/C21H26ClN5O/c1-13-8-21(24-19-7-6-16(28-3)10-17(13)19)27(15-5-4-14(23)9-15)12-20-18(22)11-26(2)25-20/h6-8,10-11,14-15H,4-5,9,12,23H2,1-3H3/t14-,15-/m0/s1. The first kappa shape index (κ1) is 19.0. The fraction of sp³-hybridized carbons (Fsp3) is 0.429. The van der Waals surface area contributed by atoms with Crippen LogP contribution in [0.5, 0.6) is 5.75 Å². The molecule has 6 nitrogen and oxygen atoms in total. The molecule has 1 aromatic carbocycles. The molecule has 28 heavy (non-hydrogen) atoms. The van der Waals surface area contributed by atoms with E-state index in [0.717, 1.165) is 47.4 Å². The Kier molecular flexibility index (Phi) is 5.17. The zero-order valence-corrected chi connectivity index (χ0v) is 17.3. The van der Waals surface area contributed by atoms with Gasteiger partial charge in [-0.05, 0) is 56.0 Å². The molecule has 2 aromatic heterocycles. The van der Waals surface area contributed by atoms with Gasteiger partial charge < -0.3 is 15.4 Å². The molecule has 0 bridgehead atoms. The van der Waals surface area contributed by atoms with E-state index in [9.17, 15) is 0 Å². The van der Waals surface area contributed by atoms with E-state index in [4.69, 9.17) is 27.1 Å². The number of pyridine rings is 1. The number of methoxy groups -OCH3 is 1. The van der Waals surface area contributed by atoms with Crippen LogP contribution in [0, 0.1) is 6.92 Å². The van der Waals surface area contributed by atoms with Gasteiger partial charge in [0.05, 0.1) is 24.2 Å². The van der Waals surface area contributed by atoms with E-state index in [1.54, 1.807) is 11.8 Å². The Balaban J connectivity index is 1.76. The van der Waals surface area contributed by atoms with Crippen LogP contribution in [0.15, 0.2) is 30.5 Å². The number of ether oxygens (including phenoxy) is 1. The molecule has 3 aromatic rings. The molecule has 1 saturated carbocycles. The molecule has 0 saturated heterocycles. The van der Waals surface area contributed by atoms with E-state index in [1.807, 2.05) is 31.4 Å². The Hall–Kier alpha value is -2.31. The first-order valence-corrected chi connectivity index (χ1v) is 9.98. The quantitative estimate of drug-likeness (QED) is 0.706. The Morgan fingerprint density at radius 1 is 1.32 bits per heavy atom. The van der Waals surface area contributed by atoms with Crippen LogP contribution in [0.4, 0.5) is 5.82 Å². The summed E-state index contributed by atoms with van der Waals surface area (Å²) in [5.74, 6) is 1.78. The predicted octanol–water partition coefficient (Wildman–Crippen LogP) is 3.83. The van der Waals surface area contributed by atoms with Gasteiger partial charge >= 0.3 is 0 Å². The minimum atomic E-state index is 0.234. The third kappa shape index (κ3) is 3.66. The molecule has 1 fully saturated rings. The molecule has 0 amide bonds. The highest BCUT2D eigenvalue weighted by atomic mass is 35.5. The monoisotopic (exact) mass is 399 g/mol. The normalized spacial score (nSPS) is 19.3. The number of hydrogen-bond donors (Lipinski definition) is 1. The molecule has 0 spiro atoms. The molecule has 2 atom stereocenters. The average Bonchev–Trinajstić information content (AvgIpc) is 3.23. The Bertz CT molecular complexity index is 1000. The van der Waals surface area contributed by atoms with Crippen molar-refractivity contribution < 1.29 is 4.74 Å². The molecule has 1 aliphatic carbocycles. The number of rotatable bonds is 5. The van der Waals surface area contributed by atoms with Crippen molar-refractivity contribution in [3.8, 4) is 5.75 Å². The van der Waals surface area contributed by atoms with Crippen molar-refractivity contribution in [2.45, 2.75) is 44.8 Å². The van der Waals surface area contributed by atoms with Gasteiger partial charge in [-0.15, -0.1) is 0 Å². The summed E-state index contributed by atoms with van der Waals surface area (Å²) in [7, 11) is 3.57. The van der Waals surface area contributed by atoms with Crippen LogP contribution < -0.4 is 15.4 Å². The third-order valence-electron chi connectivity index (χ3n) is 5.56. The first-order chi connectivity index (χ1) is 13.4. The van der Waals surface area contributed by atoms with Crippen molar-refractivity contribution in [1.82, 2.24) is 14.8 Å². The molecule has 1 aliphatic rings. The van der Waals surface area contributed by atoms with Gasteiger partial charge in [-0.25, -0.2) is 4.98 Å². The van der Waals surface area contributed by atoms with E-state index in [-0.39, 0.29) is 6.04 Å². The van der Waals surface area contributed by atoms with Crippen LogP contribution in [0.3, 0.4) is 0 Å². The minimum Gasteiger partial charge on any atom is -0.497 e. The SMILES string of the molecule is COc1ccc2nc(N(Cc3nn(C)cc3Cl)[C@H]3CC[C@H](N)C3)cc(C)c2c1. The van der Waals surface area contributed by atoms with Gasteiger partial charge in [0.15, 0.2) is 0 Å². The van der Waals surface area contributed by atoms with Crippen molar-refractivity contribution in [3.63, 3.8) is 0 Å². The van der Waals surface area contributed by atoms with Crippen molar-refractivity contribution in [2.75, 3.05) is 12.0 Å². The Labute approximate surface area is 170 Å². The van der Waals surface area contributed by atoms with Gasteiger partial charge in [-0.2, -0.15) is 5.10 Å². The average molecular weight is 400 g/mol. The van der Waals surface area contributed by atoms with E-state index >= 15 is 0 Å². The Morgan fingerprint density at radius 3 is 2.79 bits per heavy atom. The van der Waals surface area contributed by atoms with Crippen LogP contribution in [-0.2, 0) is 13.6 Å². The van der Waals surface area contributed by atoms with Crippen LogP contribution >= 0.6 is 11.6 Å². The maximum absolute atomic E-state index is 6.40. The molecule has 4 rings (SSSR count). The van der Waals surface area contributed by atoms with Gasteiger partial charge in [-0.3, -0.25) is 4.68 Å². The predicted molar refractivity (Wildman–Crippen MR) is 113 cm³/mol. The summed E-state index contributed by atoms with van der Waals surface area (Å²) in [4.78, 5) is 7.28. The van der Waals surface area contributed by atoms with Gasteiger partial charge in [0.2, 0.25) is 0 Å². The number of benzene rings is 1. The number of anilines is 1. The lowest BCUT2D eigenvalue weighted by Gasteiger charge is -2.30. The number of nitrogens with two attached hydrogens (primary N) is 1. The lowest BCUT2D eigenvalue weighted by Crippen LogP contribution is -2.35. The van der Waals surface area contributed by atoms with Crippen LogP contribution in [0.2, 0.25) is 5.02 Å². The minimum absolute atomic E-state index is 0.234. The van der Waals surface area contributed by atoms with E-state index in [0.29, 0.717) is 17.6 Å². The fourth-order valence-electron chi connectivity index (χ4n) is 4.08. The molecule has 0 radical (unpaired) electrons. The number of halogens is 1. The molecule has 0 unspecified atom stereocenters. The molecule has 0 aliphatic heterocycles. The van der Waals surface area contributed by atoms with E-state index in [1.165, 1.54) is 5.56 Å². The van der Waals surface area contributed by atoms with E-state index < -0.39 is 0 Å². The molecule has 7 heteroatoms. The second-order valence-corrected chi connectivity index (χ2v) is 8.04. The number of hydrogen-bond acceptors (Lipinski definition) is 5. The number of fused-ring (bicyclic) bond motifs is 1. The highest BCUT2D eigenvalue weighted by Crippen LogP contribution is 2.32. The molecule has 148 valence electrons. The van der Waals surface area contributed by atoms with Gasteiger partial charge in [-0.1, -0.05) is 11.6 Å². The summed E-state index contributed by atoms with van der Waals surface area (Å²) in [5, 5.41) is 6.32. The van der Waals surface area contributed by atoms with Crippen molar-refractivity contribution in [3.05, 3.63) is 46.7 Å². The van der Waals surface area contributed by atoms with Crippen LogP contribution in [0.1, 0.15) is 30.5 Å². The number of aryl methyl sites for hydroxylation is 2. The maximum atomic E-state index is 6.40. The topological polar surface area (TPSA) is 69.2 Å². The van der Waals surface area contributed by atoms with Crippen molar-refractivity contribution in [1.29, 1.82) is 0 Å².